The van der Waals surface area contributed by atoms with Crippen LogP contribution in [-0.4, -0.2) is 14.8 Å². The number of allylic oxidation sites excluding steroid dienone is 4. The minimum atomic E-state index is 0.731. The lowest BCUT2D eigenvalue weighted by Crippen LogP contribution is -2.03. The molecule has 2 nitrogen and oxygen atoms in total. The van der Waals surface area contributed by atoms with Crippen LogP contribution in [0.3, 0.4) is 0 Å². The van der Waals surface area contributed by atoms with Crippen LogP contribution in [0.4, 0.5) is 0 Å². The number of aromatic nitrogens is 2. The average Bonchev–Trinajstić information content (AvgIpc) is 2.93. The van der Waals surface area contributed by atoms with Gasteiger partial charge in [0.05, 0.1) is 10.7 Å². The predicted molar refractivity (Wildman–Crippen MR) is 102 cm³/mol. The van der Waals surface area contributed by atoms with E-state index in [1.54, 1.807) is 11.3 Å². The fourth-order valence-electron chi connectivity index (χ4n) is 2.48. The first-order valence-corrected chi connectivity index (χ1v) is 9.18. The quantitative estimate of drug-likeness (QED) is 0.679. The van der Waals surface area contributed by atoms with E-state index in [1.807, 2.05) is 12.3 Å². The van der Waals surface area contributed by atoms with E-state index in [2.05, 4.69) is 37.0 Å². The van der Waals surface area contributed by atoms with E-state index in [0.717, 1.165) is 56.7 Å². The first kappa shape index (κ1) is 16.5. The van der Waals surface area contributed by atoms with E-state index in [9.17, 15) is 0 Å². The lowest BCUT2D eigenvalue weighted by Gasteiger charge is -2.11. The van der Waals surface area contributed by atoms with Crippen LogP contribution in [0.15, 0.2) is 41.1 Å². The number of thiocarbonyl (C=S) groups is 1. The fraction of sp³-hybridized carbons (Fsp3) is 0.278. The van der Waals surface area contributed by atoms with Crippen molar-refractivity contribution < 1.29 is 0 Å². The minimum Gasteiger partial charge on any atom is -0.261 e. The maximum absolute atomic E-state index is 6.36. The molecule has 0 fully saturated rings. The summed E-state index contributed by atoms with van der Waals surface area (Å²) in [5, 5.41) is 1.77. The number of hydrogen-bond donors (Lipinski definition) is 0. The summed E-state index contributed by atoms with van der Waals surface area (Å²) in [5.41, 5.74) is 4.36. The molecule has 0 N–H and O–H groups in total. The number of pyridine rings is 1. The number of hydrogen-bond acceptors (Lipinski definition) is 4. The number of thiazole rings is 1. The van der Waals surface area contributed by atoms with Crippen LogP contribution >= 0.6 is 35.2 Å². The molecule has 0 aromatic carbocycles. The molecule has 0 saturated heterocycles. The Morgan fingerprint density at radius 3 is 3.00 bits per heavy atom. The Balaban J connectivity index is 1.91. The molecular formula is C18H17ClN2S2. The summed E-state index contributed by atoms with van der Waals surface area (Å²) in [5.74, 6) is 0. The highest BCUT2D eigenvalue weighted by Crippen LogP contribution is 2.32. The lowest BCUT2D eigenvalue weighted by atomic mass is 10.0. The van der Waals surface area contributed by atoms with E-state index in [0.29, 0.717) is 0 Å². The van der Waals surface area contributed by atoms with Crippen molar-refractivity contribution in [3.63, 3.8) is 0 Å². The van der Waals surface area contributed by atoms with Gasteiger partial charge in [0.1, 0.15) is 5.01 Å². The molecule has 2 heterocycles. The summed E-state index contributed by atoms with van der Waals surface area (Å²) in [6.07, 6.45) is 8.49. The van der Waals surface area contributed by atoms with Gasteiger partial charge in [-0.05, 0) is 31.1 Å². The second-order valence-corrected chi connectivity index (χ2v) is 7.42. The van der Waals surface area contributed by atoms with Crippen LogP contribution in [0.5, 0.6) is 0 Å². The third-order valence-corrected chi connectivity index (χ3v) is 5.98. The van der Waals surface area contributed by atoms with Crippen LogP contribution in [-0.2, 0) is 12.8 Å². The highest BCUT2D eigenvalue weighted by atomic mass is 35.5. The molecule has 0 radical (unpaired) electrons. The average molecular weight is 361 g/mol. The summed E-state index contributed by atoms with van der Waals surface area (Å²) in [7, 11) is 0. The molecule has 0 spiro atoms. The molecule has 0 saturated carbocycles. The number of aryl methyl sites for hydroxylation is 2. The first-order chi connectivity index (χ1) is 11.1. The smallest absolute Gasteiger partial charge is 0.123 e. The molecule has 2 aromatic heterocycles. The van der Waals surface area contributed by atoms with Crippen molar-refractivity contribution in [2.24, 2.45) is 0 Å². The summed E-state index contributed by atoms with van der Waals surface area (Å²) in [6, 6.07) is 4.13. The van der Waals surface area contributed by atoms with Crippen molar-refractivity contribution in [3.05, 3.63) is 57.4 Å². The number of rotatable bonds is 4. The SMILES string of the molecule is CCc1cc(-c2nc(C)c(CC3=C(Cl)C(=S)CC=C3)s2)ccn1. The Morgan fingerprint density at radius 1 is 1.39 bits per heavy atom. The van der Waals surface area contributed by atoms with Crippen molar-refractivity contribution >= 4 is 40.0 Å². The van der Waals surface area contributed by atoms with Gasteiger partial charge in [-0.1, -0.05) is 42.9 Å². The molecule has 1 aliphatic carbocycles. The molecular weight excluding hydrogens is 344 g/mol. The Kier molecular flexibility index (Phi) is 5.05. The van der Waals surface area contributed by atoms with Crippen molar-refractivity contribution in [1.82, 2.24) is 9.97 Å². The third kappa shape index (κ3) is 3.60. The highest BCUT2D eigenvalue weighted by molar-refractivity contribution is 7.81. The normalized spacial score (nSPS) is 14.7. The maximum atomic E-state index is 6.36. The fourth-order valence-corrected chi connectivity index (χ4v) is 4.00. The summed E-state index contributed by atoms with van der Waals surface area (Å²) >= 11 is 13.4. The Hall–Kier alpha value is -1.36. The molecule has 0 atom stereocenters. The predicted octanol–water partition coefficient (Wildman–Crippen LogP) is 5.44. The van der Waals surface area contributed by atoms with Gasteiger partial charge in [0.2, 0.25) is 0 Å². The molecule has 118 valence electrons. The van der Waals surface area contributed by atoms with E-state index in [4.69, 9.17) is 28.8 Å². The second kappa shape index (κ2) is 7.04. The van der Waals surface area contributed by atoms with Gasteiger partial charge in [-0.2, -0.15) is 0 Å². The van der Waals surface area contributed by atoms with Crippen molar-refractivity contribution in [2.45, 2.75) is 33.1 Å². The molecule has 0 unspecified atom stereocenters. The van der Waals surface area contributed by atoms with Gasteiger partial charge in [-0.3, -0.25) is 4.98 Å². The van der Waals surface area contributed by atoms with Crippen LogP contribution in [0.1, 0.15) is 29.6 Å². The number of halogens is 1. The van der Waals surface area contributed by atoms with Crippen LogP contribution < -0.4 is 0 Å². The first-order valence-electron chi connectivity index (χ1n) is 7.58. The molecule has 23 heavy (non-hydrogen) atoms. The molecule has 2 aromatic rings. The second-order valence-electron chi connectivity index (χ2n) is 5.46. The van der Waals surface area contributed by atoms with Crippen molar-refractivity contribution in [3.8, 4) is 10.6 Å². The van der Waals surface area contributed by atoms with Gasteiger partial charge >= 0.3 is 0 Å². The van der Waals surface area contributed by atoms with E-state index >= 15 is 0 Å². The summed E-state index contributed by atoms with van der Waals surface area (Å²) in [6.45, 7) is 4.16. The van der Waals surface area contributed by atoms with Gasteiger partial charge in [0.15, 0.2) is 0 Å². The Bertz CT molecular complexity index is 818. The molecule has 5 heteroatoms. The summed E-state index contributed by atoms with van der Waals surface area (Å²) < 4.78 is 0. The van der Waals surface area contributed by atoms with Gasteiger partial charge in [0, 0.05) is 40.0 Å². The molecule has 0 aliphatic heterocycles. The molecule has 0 bridgehead atoms. The maximum Gasteiger partial charge on any atom is 0.123 e. The van der Waals surface area contributed by atoms with Crippen molar-refractivity contribution in [2.75, 3.05) is 0 Å². The topological polar surface area (TPSA) is 25.8 Å². The van der Waals surface area contributed by atoms with Gasteiger partial charge in [0.25, 0.3) is 0 Å². The Labute approximate surface area is 150 Å². The number of nitrogens with zero attached hydrogens (tertiary/aromatic N) is 2. The van der Waals surface area contributed by atoms with Gasteiger partial charge in [-0.25, -0.2) is 4.98 Å². The zero-order chi connectivity index (χ0) is 16.4. The van der Waals surface area contributed by atoms with Crippen LogP contribution in [0.25, 0.3) is 10.6 Å². The summed E-state index contributed by atoms with van der Waals surface area (Å²) in [4.78, 5) is 11.1. The molecule has 0 amide bonds. The van der Waals surface area contributed by atoms with Gasteiger partial charge < -0.3 is 0 Å². The van der Waals surface area contributed by atoms with E-state index in [1.165, 1.54) is 4.88 Å². The standard InChI is InChI=1S/C18H17ClN2S2/c1-3-14-9-13(7-8-20-14)18-21-11(2)16(23-18)10-12-5-4-6-15(22)17(12)19/h4-5,7-9H,3,6,10H2,1-2H3. The van der Waals surface area contributed by atoms with Crippen LogP contribution in [0.2, 0.25) is 0 Å². The highest BCUT2D eigenvalue weighted by Gasteiger charge is 2.16. The lowest BCUT2D eigenvalue weighted by molar-refractivity contribution is 1.04. The zero-order valence-corrected chi connectivity index (χ0v) is 15.5. The largest absolute Gasteiger partial charge is 0.261 e. The molecule has 1 aliphatic rings. The minimum absolute atomic E-state index is 0.731. The third-order valence-electron chi connectivity index (χ3n) is 3.82. The van der Waals surface area contributed by atoms with E-state index < -0.39 is 0 Å². The Morgan fingerprint density at radius 2 is 2.22 bits per heavy atom. The molecule has 3 rings (SSSR count). The van der Waals surface area contributed by atoms with Crippen molar-refractivity contribution in [1.29, 1.82) is 0 Å². The monoisotopic (exact) mass is 360 g/mol. The van der Waals surface area contributed by atoms with Gasteiger partial charge in [-0.15, -0.1) is 11.3 Å². The van der Waals surface area contributed by atoms with E-state index in [-0.39, 0.29) is 0 Å². The zero-order valence-electron chi connectivity index (χ0n) is 13.1. The van der Waals surface area contributed by atoms with Crippen LogP contribution in [0, 0.1) is 6.92 Å².